The summed E-state index contributed by atoms with van der Waals surface area (Å²) < 4.78 is 0. The molecule has 2 saturated heterocycles. The molecule has 13 heteroatoms. The Morgan fingerprint density at radius 3 is 2.02 bits per heavy atom. The minimum Gasteiger partial charge on any atom is -0.346 e. The molecule has 0 aromatic heterocycles. The SMILES string of the molecule is C=CCNC(=O)C(=O)C(CC1CC1)NC(=O)[C@@H]1[C@@H](C(C)C)CCN1C(=O)[C@@H](NC(=O)N[C@H](CN1C(=O)CCCC1=O)C(C)(C)C)C(C)(C)C. The van der Waals surface area contributed by atoms with Crippen molar-refractivity contribution in [2.75, 3.05) is 19.6 Å². The predicted octanol–water partition coefficient (Wildman–Crippen LogP) is 2.68. The van der Waals surface area contributed by atoms with Crippen molar-refractivity contribution in [1.29, 1.82) is 0 Å². The summed E-state index contributed by atoms with van der Waals surface area (Å²) in [4.78, 5) is 95.6. The van der Waals surface area contributed by atoms with Crippen molar-refractivity contribution in [3.63, 3.8) is 0 Å². The number of urea groups is 1. The molecule has 3 fully saturated rings. The minimum absolute atomic E-state index is 0.0134. The van der Waals surface area contributed by atoms with Crippen LogP contribution in [-0.4, -0.2) is 95.0 Å². The fourth-order valence-electron chi connectivity index (χ4n) is 6.55. The number of nitrogens with zero attached hydrogens (tertiary/aromatic N) is 2. The summed E-state index contributed by atoms with van der Waals surface area (Å²) in [5.74, 6) is -2.95. The van der Waals surface area contributed by atoms with Crippen LogP contribution in [0.15, 0.2) is 12.7 Å². The molecule has 3 rings (SSSR count). The molecule has 0 bridgehead atoms. The van der Waals surface area contributed by atoms with Gasteiger partial charge in [0, 0.05) is 32.5 Å². The van der Waals surface area contributed by atoms with E-state index < -0.39 is 64.5 Å². The van der Waals surface area contributed by atoms with Crippen molar-refractivity contribution in [3.8, 4) is 0 Å². The van der Waals surface area contributed by atoms with Gasteiger partial charge in [-0.05, 0) is 47.8 Å². The number of imide groups is 1. The Balaban J connectivity index is 1.83. The number of nitrogens with one attached hydrogen (secondary N) is 4. The first-order valence-electron chi connectivity index (χ1n) is 17.7. The number of hydrogen-bond acceptors (Lipinski definition) is 7. The van der Waals surface area contributed by atoms with Crippen molar-refractivity contribution in [2.24, 2.45) is 28.6 Å². The van der Waals surface area contributed by atoms with E-state index in [1.54, 1.807) is 0 Å². The normalized spacial score (nSPS) is 21.9. The molecular formula is C36H58N6O7. The third-order valence-corrected chi connectivity index (χ3v) is 9.87. The van der Waals surface area contributed by atoms with E-state index in [-0.39, 0.29) is 62.0 Å². The molecule has 0 aromatic carbocycles. The average molecular weight is 687 g/mol. The van der Waals surface area contributed by atoms with Gasteiger partial charge in [0.25, 0.3) is 5.91 Å². The Bertz CT molecular complexity index is 1280. The summed E-state index contributed by atoms with van der Waals surface area (Å²) in [6.45, 7) is 19.1. The maximum Gasteiger partial charge on any atom is 0.315 e. The lowest BCUT2D eigenvalue weighted by Gasteiger charge is -2.39. The third-order valence-electron chi connectivity index (χ3n) is 9.87. The lowest BCUT2D eigenvalue weighted by Crippen LogP contribution is -2.62. The number of carbonyl (C=O) groups is 7. The van der Waals surface area contributed by atoms with Crippen molar-refractivity contribution < 1.29 is 33.6 Å². The Hall–Kier alpha value is -3.77. The minimum atomic E-state index is -1.04. The average Bonchev–Trinajstić information content (AvgIpc) is 3.70. The Labute approximate surface area is 291 Å². The lowest BCUT2D eigenvalue weighted by molar-refractivity contribution is -0.148. The van der Waals surface area contributed by atoms with Gasteiger partial charge in [0.05, 0.1) is 12.1 Å². The van der Waals surface area contributed by atoms with Gasteiger partial charge in [-0.25, -0.2) is 4.79 Å². The molecule has 274 valence electrons. The second kappa shape index (κ2) is 16.3. The Morgan fingerprint density at radius 1 is 0.898 bits per heavy atom. The van der Waals surface area contributed by atoms with Crippen LogP contribution in [0.2, 0.25) is 0 Å². The molecule has 5 atom stereocenters. The van der Waals surface area contributed by atoms with Gasteiger partial charge in [-0.1, -0.05) is 74.3 Å². The topological polar surface area (TPSA) is 174 Å². The largest absolute Gasteiger partial charge is 0.346 e. The van der Waals surface area contributed by atoms with Crippen LogP contribution in [0.25, 0.3) is 0 Å². The molecular weight excluding hydrogens is 628 g/mol. The number of piperidine rings is 1. The smallest absolute Gasteiger partial charge is 0.315 e. The third kappa shape index (κ3) is 10.6. The summed E-state index contributed by atoms with van der Waals surface area (Å²) in [7, 11) is 0. The summed E-state index contributed by atoms with van der Waals surface area (Å²) in [5, 5.41) is 11.1. The van der Waals surface area contributed by atoms with E-state index in [4.69, 9.17) is 0 Å². The van der Waals surface area contributed by atoms with Crippen LogP contribution in [0.1, 0.15) is 100 Å². The van der Waals surface area contributed by atoms with Gasteiger partial charge in [0.15, 0.2) is 0 Å². The van der Waals surface area contributed by atoms with E-state index in [0.717, 1.165) is 12.8 Å². The number of likely N-dealkylation sites (tertiary alicyclic amines) is 2. The molecule has 13 nitrogen and oxygen atoms in total. The van der Waals surface area contributed by atoms with Gasteiger partial charge in [0.1, 0.15) is 12.1 Å². The highest BCUT2D eigenvalue weighted by Crippen LogP contribution is 2.36. The van der Waals surface area contributed by atoms with Crippen LogP contribution >= 0.6 is 0 Å². The van der Waals surface area contributed by atoms with Crippen molar-refractivity contribution in [2.45, 2.75) is 125 Å². The van der Waals surface area contributed by atoms with Gasteiger partial charge < -0.3 is 26.2 Å². The van der Waals surface area contributed by atoms with E-state index >= 15 is 0 Å². The zero-order valence-electron chi connectivity index (χ0n) is 30.6. The number of amides is 7. The molecule has 2 heterocycles. The molecule has 0 aromatic rings. The van der Waals surface area contributed by atoms with Gasteiger partial charge in [-0.3, -0.25) is 33.7 Å². The molecule has 3 aliphatic rings. The van der Waals surface area contributed by atoms with Crippen LogP contribution in [0.5, 0.6) is 0 Å². The first-order chi connectivity index (χ1) is 22.8. The van der Waals surface area contributed by atoms with Gasteiger partial charge in [-0.2, -0.15) is 0 Å². The Kier molecular flexibility index (Phi) is 13.2. The van der Waals surface area contributed by atoms with E-state index in [1.807, 2.05) is 55.4 Å². The van der Waals surface area contributed by atoms with E-state index in [9.17, 15) is 33.6 Å². The number of rotatable bonds is 14. The fraction of sp³-hybridized carbons (Fsp3) is 0.750. The van der Waals surface area contributed by atoms with Crippen LogP contribution in [0.4, 0.5) is 4.79 Å². The standard InChI is InChI=1S/C36H58N6O7/c1-10-17-37-32(47)29(45)24(19-22-14-15-22)38-31(46)28-23(21(2)3)16-18-41(28)33(48)30(36(7,8)9)40-34(49)39-25(35(4,5)6)20-42-26(43)12-11-13-27(42)44/h10,21-25,28,30H,1,11-20H2,2-9H3,(H,37,47)(H,38,46)(H2,39,40,49)/t23-,24?,25-,28+,30-/m1/s1. The quantitative estimate of drug-likeness (QED) is 0.124. The molecule has 7 amide bonds. The fourth-order valence-corrected chi connectivity index (χ4v) is 6.55. The van der Waals surface area contributed by atoms with Crippen LogP contribution in [0.3, 0.4) is 0 Å². The van der Waals surface area contributed by atoms with Crippen molar-refractivity contribution >= 4 is 41.4 Å². The van der Waals surface area contributed by atoms with E-state index in [1.165, 1.54) is 15.9 Å². The maximum absolute atomic E-state index is 14.4. The highest BCUT2D eigenvalue weighted by molar-refractivity contribution is 6.38. The highest BCUT2D eigenvalue weighted by atomic mass is 16.2. The van der Waals surface area contributed by atoms with E-state index in [2.05, 4.69) is 27.8 Å². The number of hydrogen-bond donors (Lipinski definition) is 4. The zero-order valence-corrected chi connectivity index (χ0v) is 30.6. The number of ketones is 1. The predicted molar refractivity (Wildman–Crippen MR) is 185 cm³/mol. The molecule has 4 N–H and O–H groups in total. The Morgan fingerprint density at radius 2 is 1.51 bits per heavy atom. The molecule has 1 unspecified atom stereocenters. The second-order valence-electron chi connectivity index (χ2n) is 16.4. The second-order valence-corrected chi connectivity index (χ2v) is 16.4. The monoisotopic (exact) mass is 686 g/mol. The molecule has 49 heavy (non-hydrogen) atoms. The maximum atomic E-state index is 14.4. The molecule has 1 saturated carbocycles. The molecule has 2 aliphatic heterocycles. The molecule has 1 aliphatic carbocycles. The lowest BCUT2D eigenvalue weighted by atomic mass is 9.84. The van der Waals surface area contributed by atoms with Crippen LogP contribution < -0.4 is 21.3 Å². The van der Waals surface area contributed by atoms with Gasteiger partial charge in [-0.15, -0.1) is 6.58 Å². The summed E-state index contributed by atoms with van der Waals surface area (Å²) in [6.07, 6.45) is 5.24. The summed E-state index contributed by atoms with van der Waals surface area (Å²) >= 11 is 0. The number of carbonyl (C=O) groups excluding carboxylic acids is 7. The van der Waals surface area contributed by atoms with Gasteiger partial charge >= 0.3 is 6.03 Å². The van der Waals surface area contributed by atoms with Crippen molar-refractivity contribution in [3.05, 3.63) is 12.7 Å². The number of Topliss-reactive ketones (excluding diaryl/α,β-unsaturated/α-hetero) is 1. The highest BCUT2D eigenvalue weighted by Gasteiger charge is 2.48. The zero-order chi connectivity index (χ0) is 36.8. The molecule has 0 radical (unpaired) electrons. The summed E-state index contributed by atoms with van der Waals surface area (Å²) in [6, 6.07) is -4.21. The first-order valence-corrected chi connectivity index (χ1v) is 17.7. The van der Waals surface area contributed by atoms with Crippen molar-refractivity contribution in [1.82, 2.24) is 31.1 Å². The van der Waals surface area contributed by atoms with Crippen LogP contribution in [-0.2, 0) is 28.8 Å². The van der Waals surface area contributed by atoms with Crippen LogP contribution in [0, 0.1) is 28.6 Å². The van der Waals surface area contributed by atoms with Gasteiger partial charge in [0.2, 0.25) is 29.4 Å². The first kappa shape index (κ1) is 39.7. The summed E-state index contributed by atoms with van der Waals surface area (Å²) in [5.41, 5.74) is -1.30. The van der Waals surface area contributed by atoms with E-state index in [0.29, 0.717) is 19.3 Å². The molecule has 0 spiro atoms.